The predicted molar refractivity (Wildman–Crippen MR) is 103 cm³/mol. The van der Waals surface area contributed by atoms with Gasteiger partial charge in [-0.05, 0) is 48.5 Å². The molecule has 0 saturated heterocycles. The van der Waals surface area contributed by atoms with Crippen LogP contribution in [0.3, 0.4) is 0 Å². The standard InChI is InChI=1S/C21H14ClF3N2O4/c22-15-5-1-14(2-6-15)20(29)27-9-10-30-12-18(27)17(11-26)19(28)13-3-7-16(8-4-13)31-21(23,24)25/h1-8,12,17H,9-10H2. The number of nitrogens with zero attached hydrogens (tertiary/aromatic N) is 2. The Morgan fingerprint density at radius 1 is 1.10 bits per heavy atom. The Bertz CT molecular complexity index is 1040. The molecule has 0 fully saturated rings. The van der Waals surface area contributed by atoms with E-state index in [1.165, 1.54) is 35.4 Å². The SMILES string of the molecule is N#CC(C(=O)c1ccc(OC(F)(F)F)cc1)C1=COCCN1C(=O)c1ccc(Cl)cc1. The first-order valence-corrected chi connectivity index (χ1v) is 9.26. The van der Waals surface area contributed by atoms with Gasteiger partial charge >= 0.3 is 6.36 Å². The maximum absolute atomic E-state index is 12.9. The average Bonchev–Trinajstić information content (AvgIpc) is 2.74. The molecule has 1 aliphatic heterocycles. The van der Waals surface area contributed by atoms with Gasteiger partial charge in [0.15, 0.2) is 11.7 Å². The molecule has 0 spiro atoms. The van der Waals surface area contributed by atoms with Gasteiger partial charge in [-0.25, -0.2) is 0 Å². The molecular formula is C21H14ClF3N2O4. The number of allylic oxidation sites excluding steroid dienone is 1. The van der Waals surface area contributed by atoms with Gasteiger partial charge in [0.1, 0.15) is 18.6 Å². The molecule has 1 atom stereocenters. The van der Waals surface area contributed by atoms with Crippen molar-refractivity contribution in [1.82, 2.24) is 4.90 Å². The molecule has 1 aliphatic rings. The van der Waals surface area contributed by atoms with Crippen molar-refractivity contribution in [1.29, 1.82) is 5.26 Å². The number of carbonyl (C=O) groups is 2. The molecule has 0 aliphatic carbocycles. The summed E-state index contributed by atoms with van der Waals surface area (Å²) in [6.45, 7) is 0.274. The topological polar surface area (TPSA) is 79.6 Å². The van der Waals surface area contributed by atoms with E-state index >= 15 is 0 Å². The van der Waals surface area contributed by atoms with Crippen LogP contribution >= 0.6 is 11.6 Å². The molecule has 0 N–H and O–H groups in total. The Kier molecular flexibility index (Phi) is 6.51. The van der Waals surface area contributed by atoms with Crippen molar-refractivity contribution in [2.45, 2.75) is 6.36 Å². The van der Waals surface area contributed by atoms with Gasteiger partial charge in [0.25, 0.3) is 5.91 Å². The summed E-state index contributed by atoms with van der Waals surface area (Å²) in [5.41, 5.74) is 0.316. The summed E-state index contributed by atoms with van der Waals surface area (Å²) in [4.78, 5) is 27.1. The Morgan fingerprint density at radius 2 is 1.71 bits per heavy atom. The molecule has 6 nitrogen and oxygen atoms in total. The minimum absolute atomic E-state index is 0.0218. The molecule has 160 valence electrons. The van der Waals surface area contributed by atoms with Gasteiger partial charge < -0.3 is 14.4 Å². The van der Waals surface area contributed by atoms with Crippen molar-refractivity contribution in [3.63, 3.8) is 0 Å². The number of carbonyl (C=O) groups excluding carboxylic acids is 2. The fourth-order valence-corrected chi connectivity index (χ4v) is 3.04. The molecule has 1 amide bonds. The van der Waals surface area contributed by atoms with Gasteiger partial charge in [-0.2, -0.15) is 5.26 Å². The second-order valence-corrected chi connectivity index (χ2v) is 6.81. The molecule has 2 aromatic rings. The average molecular weight is 451 g/mol. The van der Waals surface area contributed by atoms with Gasteiger partial charge in [0, 0.05) is 16.1 Å². The highest BCUT2D eigenvalue weighted by molar-refractivity contribution is 6.30. The summed E-state index contributed by atoms with van der Waals surface area (Å²) in [5, 5.41) is 10.1. The number of hydrogen-bond acceptors (Lipinski definition) is 5. The smallest absolute Gasteiger partial charge is 0.497 e. The van der Waals surface area contributed by atoms with Crippen LogP contribution in [0.15, 0.2) is 60.5 Å². The molecule has 0 aromatic heterocycles. The number of ketones is 1. The van der Waals surface area contributed by atoms with E-state index in [9.17, 15) is 28.0 Å². The molecule has 10 heteroatoms. The third-order valence-corrected chi connectivity index (χ3v) is 4.60. The molecular weight excluding hydrogens is 437 g/mol. The molecule has 1 heterocycles. The number of benzene rings is 2. The number of halogens is 4. The number of amides is 1. The van der Waals surface area contributed by atoms with E-state index in [4.69, 9.17) is 16.3 Å². The molecule has 3 rings (SSSR count). The maximum atomic E-state index is 12.9. The monoisotopic (exact) mass is 450 g/mol. The zero-order chi connectivity index (χ0) is 22.6. The largest absolute Gasteiger partial charge is 0.573 e. The van der Waals surface area contributed by atoms with Crippen molar-refractivity contribution in [3.8, 4) is 11.8 Å². The third-order valence-electron chi connectivity index (χ3n) is 4.34. The number of rotatable bonds is 5. The van der Waals surface area contributed by atoms with Crippen LogP contribution in [-0.4, -0.2) is 36.1 Å². The summed E-state index contributed by atoms with van der Waals surface area (Å²) in [5.74, 6) is -3.07. The van der Waals surface area contributed by atoms with Crippen molar-refractivity contribution < 1.29 is 32.2 Å². The zero-order valence-electron chi connectivity index (χ0n) is 15.7. The summed E-state index contributed by atoms with van der Waals surface area (Å²) >= 11 is 5.84. The first-order valence-electron chi connectivity index (χ1n) is 8.88. The fourth-order valence-electron chi connectivity index (χ4n) is 2.92. The number of hydrogen-bond donors (Lipinski definition) is 0. The van der Waals surface area contributed by atoms with Crippen molar-refractivity contribution in [3.05, 3.63) is 76.6 Å². The van der Waals surface area contributed by atoms with E-state index in [0.717, 1.165) is 24.3 Å². The van der Waals surface area contributed by atoms with E-state index in [1.807, 2.05) is 6.07 Å². The Labute approximate surface area is 180 Å². The Hall–Kier alpha value is -3.51. The lowest BCUT2D eigenvalue weighted by Gasteiger charge is -2.30. The summed E-state index contributed by atoms with van der Waals surface area (Å²) in [6, 6.07) is 12.1. The van der Waals surface area contributed by atoms with E-state index in [2.05, 4.69) is 4.74 Å². The minimum atomic E-state index is -4.87. The van der Waals surface area contributed by atoms with Gasteiger partial charge in [0.05, 0.1) is 18.3 Å². The molecule has 2 aromatic carbocycles. The summed E-state index contributed by atoms with van der Waals surface area (Å²) < 4.78 is 45.9. The van der Waals surface area contributed by atoms with E-state index in [0.29, 0.717) is 10.6 Å². The number of nitriles is 1. The van der Waals surface area contributed by atoms with Gasteiger partial charge in [0.2, 0.25) is 0 Å². The molecule has 1 unspecified atom stereocenters. The molecule has 0 radical (unpaired) electrons. The molecule has 31 heavy (non-hydrogen) atoms. The molecule has 0 saturated carbocycles. The lowest BCUT2D eigenvalue weighted by atomic mass is 9.94. The van der Waals surface area contributed by atoms with E-state index in [1.54, 1.807) is 0 Å². The Balaban J connectivity index is 1.84. The van der Waals surface area contributed by atoms with Crippen LogP contribution in [0.5, 0.6) is 5.75 Å². The van der Waals surface area contributed by atoms with Gasteiger partial charge in [-0.15, -0.1) is 13.2 Å². The van der Waals surface area contributed by atoms with Crippen molar-refractivity contribution in [2.24, 2.45) is 5.92 Å². The summed E-state index contributed by atoms with van der Waals surface area (Å²) in [6.07, 6.45) is -3.70. The maximum Gasteiger partial charge on any atom is 0.573 e. The van der Waals surface area contributed by atoms with Crippen molar-refractivity contribution >= 4 is 23.3 Å². The highest BCUT2D eigenvalue weighted by atomic mass is 35.5. The fraction of sp³-hybridized carbons (Fsp3) is 0.190. The summed E-state index contributed by atoms with van der Waals surface area (Å²) in [7, 11) is 0. The first kappa shape index (κ1) is 22.2. The minimum Gasteiger partial charge on any atom is -0.497 e. The van der Waals surface area contributed by atoms with Crippen LogP contribution in [0.25, 0.3) is 0 Å². The zero-order valence-corrected chi connectivity index (χ0v) is 16.5. The van der Waals surface area contributed by atoms with Crippen LogP contribution in [0.1, 0.15) is 20.7 Å². The number of ether oxygens (including phenoxy) is 2. The second kappa shape index (κ2) is 9.10. The van der Waals surface area contributed by atoms with Crippen molar-refractivity contribution in [2.75, 3.05) is 13.2 Å². The van der Waals surface area contributed by atoms with Gasteiger partial charge in [-0.3, -0.25) is 9.59 Å². The van der Waals surface area contributed by atoms with E-state index in [-0.39, 0.29) is 24.4 Å². The number of Topliss-reactive ketones (excluding diaryl/α,β-unsaturated/α-hetero) is 1. The Morgan fingerprint density at radius 3 is 2.29 bits per heavy atom. The van der Waals surface area contributed by atoms with Crippen LogP contribution in [0, 0.1) is 17.2 Å². The predicted octanol–water partition coefficient (Wildman–Crippen LogP) is 4.58. The highest BCUT2D eigenvalue weighted by Gasteiger charge is 2.34. The number of alkyl halides is 3. The quantitative estimate of drug-likeness (QED) is 0.623. The van der Waals surface area contributed by atoms with Crippen LogP contribution < -0.4 is 4.74 Å². The van der Waals surface area contributed by atoms with Crippen LogP contribution in [-0.2, 0) is 4.74 Å². The second-order valence-electron chi connectivity index (χ2n) is 6.38. The normalized spacial score (nSPS) is 14.7. The van der Waals surface area contributed by atoms with Crippen LogP contribution in [0.4, 0.5) is 13.2 Å². The first-order chi connectivity index (χ1) is 14.7. The molecule has 0 bridgehead atoms. The lowest BCUT2D eigenvalue weighted by molar-refractivity contribution is -0.274. The van der Waals surface area contributed by atoms with Gasteiger partial charge in [-0.1, -0.05) is 11.6 Å². The van der Waals surface area contributed by atoms with Crippen LogP contribution in [0.2, 0.25) is 5.02 Å². The van der Waals surface area contributed by atoms with E-state index < -0.39 is 29.7 Å². The lowest BCUT2D eigenvalue weighted by Crippen LogP contribution is -2.40. The highest BCUT2D eigenvalue weighted by Crippen LogP contribution is 2.27. The third kappa shape index (κ3) is 5.35.